The molecule has 6 aromatic rings. The number of nitrogens with one attached hydrogen (secondary N) is 1. The number of nitrogen functional groups attached to an aromatic ring is 1. The third kappa shape index (κ3) is 5.91. The van der Waals surface area contributed by atoms with E-state index in [1.165, 1.54) is 24.0 Å². The summed E-state index contributed by atoms with van der Waals surface area (Å²) in [5.41, 5.74) is 12.1. The number of imidazole rings is 1. The Labute approximate surface area is 259 Å². The average molecular weight is 597 g/mol. The molecule has 1 aliphatic heterocycles. The number of hydrogen-bond acceptors (Lipinski definition) is 9. The number of hydrogen-bond donors (Lipinski definition) is 2. The molecule has 11 heteroatoms. The monoisotopic (exact) mass is 596 g/mol. The van der Waals surface area contributed by atoms with Crippen LogP contribution in [0.2, 0.25) is 0 Å². The van der Waals surface area contributed by atoms with E-state index in [1.54, 1.807) is 18.3 Å². The lowest BCUT2D eigenvalue weighted by atomic mass is 10.0. The summed E-state index contributed by atoms with van der Waals surface area (Å²) in [6.45, 7) is 2.71. The van der Waals surface area contributed by atoms with Gasteiger partial charge in [-0.05, 0) is 66.9 Å². The molecule has 1 fully saturated rings. The molecular weight excluding hydrogens is 567 g/mol. The first-order valence-corrected chi connectivity index (χ1v) is 14.7. The Morgan fingerprint density at radius 1 is 0.933 bits per heavy atom. The van der Waals surface area contributed by atoms with Crippen LogP contribution in [-0.4, -0.2) is 53.5 Å². The summed E-state index contributed by atoms with van der Waals surface area (Å²) in [5, 5.41) is 12.5. The lowest BCUT2D eigenvalue weighted by Crippen LogP contribution is -2.38. The van der Waals surface area contributed by atoms with Gasteiger partial charge in [0.05, 0.1) is 11.3 Å². The SMILES string of the molecule is N#Cc1cc(NC2CCN(Cc3ccc(-n4c(-c5cccnc5N)nc5ccc(-c6cccc(F)c6)nc54)cc3)CC2)ncn1. The number of fused-ring (bicyclic) bond motifs is 1. The first kappa shape index (κ1) is 28.1. The lowest BCUT2D eigenvalue weighted by molar-refractivity contribution is 0.211. The number of likely N-dealkylation sites (tertiary alicyclic amines) is 1. The number of rotatable bonds is 7. The maximum atomic E-state index is 14.0. The summed E-state index contributed by atoms with van der Waals surface area (Å²) in [5.74, 6) is 1.38. The van der Waals surface area contributed by atoms with Gasteiger partial charge in [0, 0.05) is 49.2 Å². The molecule has 0 aliphatic carbocycles. The Balaban J connectivity index is 1.13. The number of aromatic nitrogens is 6. The second kappa shape index (κ2) is 12.1. The fourth-order valence-corrected chi connectivity index (χ4v) is 5.75. The van der Waals surface area contributed by atoms with Gasteiger partial charge in [0.2, 0.25) is 0 Å². The number of nitriles is 1. The molecule has 45 heavy (non-hydrogen) atoms. The van der Waals surface area contributed by atoms with Crippen molar-refractivity contribution in [3.63, 3.8) is 0 Å². The van der Waals surface area contributed by atoms with Gasteiger partial charge >= 0.3 is 0 Å². The summed E-state index contributed by atoms with van der Waals surface area (Å²) in [7, 11) is 0. The molecule has 0 radical (unpaired) electrons. The van der Waals surface area contributed by atoms with Crippen molar-refractivity contribution >= 4 is 22.8 Å². The van der Waals surface area contributed by atoms with Crippen molar-refractivity contribution in [2.24, 2.45) is 0 Å². The number of anilines is 2. The fraction of sp³-hybridized carbons (Fsp3) is 0.176. The Hall–Kier alpha value is -5.73. The Morgan fingerprint density at radius 3 is 2.56 bits per heavy atom. The number of nitrogens with zero attached hydrogens (tertiary/aromatic N) is 8. The van der Waals surface area contributed by atoms with Crippen LogP contribution in [0, 0.1) is 17.1 Å². The van der Waals surface area contributed by atoms with Crippen LogP contribution in [0.1, 0.15) is 24.1 Å². The zero-order valence-corrected chi connectivity index (χ0v) is 24.3. The summed E-state index contributed by atoms with van der Waals surface area (Å²) in [6.07, 6.45) is 5.01. The van der Waals surface area contributed by atoms with Gasteiger partial charge in [-0.2, -0.15) is 5.26 Å². The van der Waals surface area contributed by atoms with Crippen molar-refractivity contribution in [2.75, 3.05) is 24.1 Å². The van der Waals surface area contributed by atoms with Crippen LogP contribution in [0.3, 0.4) is 0 Å². The fourth-order valence-electron chi connectivity index (χ4n) is 5.75. The molecule has 1 aliphatic rings. The molecule has 0 amide bonds. The molecule has 0 atom stereocenters. The van der Waals surface area contributed by atoms with Crippen molar-refractivity contribution in [3.05, 3.63) is 108 Å². The van der Waals surface area contributed by atoms with E-state index in [-0.39, 0.29) is 5.82 Å². The van der Waals surface area contributed by atoms with Crippen LogP contribution in [-0.2, 0) is 6.54 Å². The van der Waals surface area contributed by atoms with Crippen LogP contribution in [0.25, 0.3) is 39.5 Å². The molecule has 0 spiro atoms. The normalized spacial score (nSPS) is 14.0. The van der Waals surface area contributed by atoms with E-state index >= 15 is 0 Å². The molecular formula is C34H29FN10. The number of benzene rings is 2. The van der Waals surface area contributed by atoms with Gasteiger partial charge in [-0.25, -0.2) is 29.3 Å². The van der Waals surface area contributed by atoms with E-state index in [0.717, 1.165) is 38.2 Å². The van der Waals surface area contributed by atoms with Gasteiger partial charge in [-0.1, -0.05) is 24.3 Å². The second-order valence-electron chi connectivity index (χ2n) is 11.0. The maximum Gasteiger partial charge on any atom is 0.165 e. The molecule has 1 saturated heterocycles. The lowest BCUT2D eigenvalue weighted by Gasteiger charge is -2.32. The second-order valence-corrected chi connectivity index (χ2v) is 11.0. The van der Waals surface area contributed by atoms with E-state index < -0.39 is 0 Å². The van der Waals surface area contributed by atoms with Crippen LogP contribution < -0.4 is 11.1 Å². The third-order valence-electron chi connectivity index (χ3n) is 8.03. The predicted octanol–water partition coefficient (Wildman–Crippen LogP) is 5.61. The van der Waals surface area contributed by atoms with Crippen LogP contribution in [0.15, 0.2) is 91.4 Å². The third-order valence-corrected chi connectivity index (χ3v) is 8.03. The van der Waals surface area contributed by atoms with Gasteiger partial charge in [0.15, 0.2) is 11.5 Å². The molecule has 0 unspecified atom stereocenters. The van der Waals surface area contributed by atoms with E-state index in [9.17, 15) is 4.39 Å². The molecule has 5 heterocycles. The molecule has 2 aromatic carbocycles. The van der Waals surface area contributed by atoms with Crippen molar-refractivity contribution in [1.82, 2.24) is 34.4 Å². The number of halogens is 1. The minimum Gasteiger partial charge on any atom is -0.383 e. The first-order valence-electron chi connectivity index (χ1n) is 14.7. The Kier molecular flexibility index (Phi) is 7.55. The highest BCUT2D eigenvalue weighted by Crippen LogP contribution is 2.32. The zero-order valence-electron chi connectivity index (χ0n) is 24.3. The molecule has 222 valence electrons. The van der Waals surface area contributed by atoms with Crippen molar-refractivity contribution < 1.29 is 4.39 Å². The number of piperidine rings is 1. The largest absolute Gasteiger partial charge is 0.383 e. The minimum absolute atomic E-state index is 0.294. The molecule has 0 saturated carbocycles. The quantitative estimate of drug-likeness (QED) is 0.241. The van der Waals surface area contributed by atoms with Gasteiger partial charge in [-0.15, -0.1) is 0 Å². The van der Waals surface area contributed by atoms with Gasteiger partial charge in [0.1, 0.15) is 41.1 Å². The molecule has 7 rings (SSSR count). The highest BCUT2D eigenvalue weighted by atomic mass is 19.1. The molecule has 3 N–H and O–H groups in total. The highest BCUT2D eigenvalue weighted by molar-refractivity contribution is 5.84. The van der Waals surface area contributed by atoms with Crippen molar-refractivity contribution in [1.29, 1.82) is 5.26 Å². The predicted molar refractivity (Wildman–Crippen MR) is 171 cm³/mol. The van der Waals surface area contributed by atoms with Crippen LogP contribution in [0.4, 0.5) is 16.0 Å². The summed E-state index contributed by atoms with van der Waals surface area (Å²) < 4.78 is 16.0. The topological polar surface area (TPSA) is 134 Å². The van der Waals surface area contributed by atoms with E-state index in [4.69, 9.17) is 21.0 Å². The van der Waals surface area contributed by atoms with Gasteiger partial charge in [-0.3, -0.25) is 9.47 Å². The average Bonchev–Trinajstić information content (AvgIpc) is 3.45. The number of nitrogens with two attached hydrogens (primary N) is 1. The van der Waals surface area contributed by atoms with Gasteiger partial charge < -0.3 is 11.1 Å². The standard InChI is InChI=1S/C34H29FN10/c35-24-4-1-3-23(17-24)29-10-11-30-34(42-29)45(33(43-30)28-5-2-14-38-32(28)37)27-8-6-22(7-9-27)20-44-15-12-25(13-16-44)41-31-18-26(19-36)39-21-40-31/h1-11,14,17-18,21,25H,12-13,15-16,20H2,(H2,37,38)(H,39,40,41). The smallest absolute Gasteiger partial charge is 0.165 e. The summed E-state index contributed by atoms with van der Waals surface area (Å²) in [6, 6.07) is 26.3. The van der Waals surface area contributed by atoms with Crippen molar-refractivity contribution in [2.45, 2.75) is 25.4 Å². The van der Waals surface area contributed by atoms with Crippen LogP contribution in [0.5, 0.6) is 0 Å². The maximum absolute atomic E-state index is 14.0. The van der Waals surface area contributed by atoms with E-state index in [1.807, 2.05) is 34.9 Å². The van der Waals surface area contributed by atoms with Crippen LogP contribution >= 0.6 is 0 Å². The molecule has 10 nitrogen and oxygen atoms in total. The Morgan fingerprint density at radius 2 is 1.78 bits per heavy atom. The summed E-state index contributed by atoms with van der Waals surface area (Å²) >= 11 is 0. The highest BCUT2D eigenvalue weighted by Gasteiger charge is 2.21. The van der Waals surface area contributed by atoms with E-state index in [0.29, 0.717) is 57.2 Å². The minimum atomic E-state index is -0.317. The Bertz CT molecular complexity index is 2020. The van der Waals surface area contributed by atoms with Crippen molar-refractivity contribution in [3.8, 4) is 34.4 Å². The zero-order chi connectivity index (χ0) is 30.8. The molecule has 0 bridgehead atoms. The number of pyridine rings is 2. The van der Waals surface area contributed by atoms with E-state index in [2.05, 4.69) is 55.5 Å². The van der Waals surface area contributed by atoms with Gasteiger partial charge in [0.25, 0.3) is 0 Å². The first-order chi connectivity index (χ1) is 22.0. The summed E-state index contributed by atoms with van der Waals surface area (Å²) in [4.78, 5) is 24.8. The molecule has 4 aromatic heterocycles.